The summed E-state index contributed by atoms with van der Waals surface area (Å²) in [5.41, 5.74) is 8.67. The highest BCUT2D eigenvalue weighted by Gasteiger charge is 2.16. The second kappa shape index (κ2) is 6.03. The van der Waals surface area contributed by atoms with Crippen molar-refractivity contribution in [3.63, 3.8) is 0 Å². The molecule has 1 saturated heterocycles. The van der Waals surface area contributed by atoms with E-state index >= 15 is 0 Å². The zero-order chi connectivity index (χ0) is 14.8. The molecule has 0 aliphatic carbocycles. The minimum Gasteiger partial charge on any atom is -0.408 e. The molecule has 1 aromatic carbocycles. The third-order valence-corrected chi connectivity index (χ3v) is 4.32. The molecule has 3 rings (SSSR count). The van der Waals surface area contributed by atoms with Crippen molar-refractivity contribution in [2.45, 2.75) is 44.2 Å². The Kier molecular flexibility index (Phi) is 4.12. The maximum atomic E-state index is 11.5. The molecule has 1 aliphatic rings. The van der Waals surface area contributed by atoms with Gasteiger partial charge in [-0.15, -0.1) is 0 Å². The summed E-state index contributed by atoms with van der Waals surface area (Å²) in [4.78, 5) is 11.5. The van der Waals surface area contributed by atoms with E-state index in [4.69, 9.17) is 14.9 Å². The van der Waals surface area contributed by atoms with Gasteiger partial charge in [-0.05, 0) is 49.8 Å². The predicted molar refractivity (Wildman–Crippen MR) is 81.2 cm³/mol. The second-order valence-electron chi connectivity index (χ2n) is 5.83. The van der Waals surface area contributed by atoms with E-state index in [0.717, 1.165) is 36.9 Å². The SMILES string of the molecule is Cn1c(=O)oc2cc(C(N)CCC3CCCCO3)ccc21. The van der Waals surface area contributed by atoms with Crippen LogP contribution >= 0.6 is 0 Å². The molecule has 5 heteroatoms. The van der Waals surface area contributed by atoms with Crippen LogP contribution in [0.3, 0.4) is 0 Å². The molecule has 1 fully saturated rings. The van der Waals surface area contributed by atoms with Crippen LogP contribution in [0.2, 0.25) is 0 Å². The summed E-state index contributed by atoms with van der Waals surface area (Å²) in [7, 11) is 1.70. The average Bonchev–Trinajstić information content (AvgIpc) is 2.80. The molecule has 0 spiro atoms. The van der Waals surface area contributed by atoms with E-state index in [9.17, 15) is 4.79 Å². The molecule has 2 atom stereocenters. The number of aryl methyl sites for hydroxylation is 1. The normalized spacial score (nSPS) is 20.8. The van der Waals surface area contributed by atoms with E-state index in [1.165, 1.54) is 17.4 Å². The fourth-order valence-corrected chi connectivity index (χ4v) is 2.95. The van der Waals surface area contributed by atoms with E-state index in [0.29, 0.717) is 11.7 Å². The molecule has 114 valence electrons. The molecule has 0 saturated carbocycles. The van der Waals surface area contributed by atoms with Crippen LogP contribution < -0.4 is 11.5 Å². The van der Waals surface area contributed by atoms with Gasteiger partial charge in [-0.1, -0.05) is 6.07 Å². The third-order valence-electron chi connectivity index (χ3n) is 4.32. The van der Waals surface area contributed by atoms with E-state index < -0.39 is 0 Å². The zero-order valence-corrected chi connectivity index (χ0v) is 12.4. The third kappa shape index (κ3) is 3.04. The van der Waals surface area contributed by atoms with E-state index in [2.05, 4.69) is 0 Å². The van der Waals surface area contributed by atoms with Crippen LogP contribution in [0.4, 0.5) is 0 Å². The highest BCUT2D eigenvalue weighted by Crippen LogP contribution is 2.24. The molecule has 21 heavy (non-hydrogen) atoms. The molecule has 0 radical (unpaired) electrons. The number of hydrogen-bond donors (Lipinski definition) is 1. The van der Waals surface area contributed by atoms with Crippen LogP contribution in [-0.2, 0) is 11.8 Å². The van der Waals surface area contributed by atoms with Crippen LogP contribution in [0, 0.1) is 0 Å². The smallest absolute Gasteiger partial charge is 0.408 e. The Morgan fingerprint density at radius 2 is 2.29 bits per heavy atom. The van der Waals surface area contributed by atoms with Crippen molar-refractivity contribution in [2.75, 3.05) is 6.61 Å². The molecule has 0 amide bonds. The van der Waals surface area contributed by atoms with Gasteiger partial charge >= 0.3 is 5.76 Å². The summed E-state index contributed by atoms with van der Waals surface area (Å²) in [5.74, 6) is -0.341. The van der Waals surface area contributed by atoms with Gasteiger partial charge in [0.15, 0.2) is 5.58 Å². The maximum absolute atomic E-state index is 11.5. The van der Waals surface area contributed by atoms with Crippen molar-refractivity contribution in [3.8, 4) is 0 Å². The lowest BCUT2D eigenvalue weighted by Crippen LogP contribution is -2.21. The van der Waals surface area contributed by atoms with Crippen molar-refractivity contribution in [2.24, 2.45) is 12.8 Å². The standard InChI is InChI=1S/C16H22N2O3/c1-18-14-8-5-11(10-15(14)21-16(18)19)13(17)7-6-12-4-2-3-9-20-12/h5,8,10,12-13H,2-4,6-7,9,17H2,1H3. The highest BCUT2D eigenvalue weighted by molar-refractivity contribution is 5.73. The Morgan fingerprint density at radius 1 is 1.43 bits per heavy atom. The number of ether oxygens (including phenoxy) is 1. The molecule has 2 N–H and O–H groups in total. The van der Waals surface area contributed by atoms with Gasteiger partial charge in [0.1, 0.15) is 0 Å². The number of rotatable bonds is 4. The van der Waals surface area contributed by atoms with Crippen molar-refractivity contribution in [3.05, 3.63) is 34.3 Å². The lowest BCUT2D eigenvalue weighted by Gasteiger charge is -2.23. The van der Waals surface area contributed by atoms with E-state index in [1.54, 1.807) is 7.05 Å². The summed E-state index contributed by atoms with van der Waals surface area (Å²) in [6.07, 6.45) is 5.78. The predicted octanol–water partition coefficient (Wildman–Crippen LogP) is 2.48. The monoisotopic (exact) mass is 290 g/mol. The minimum atomic E-state index is -0.341. The summed E-state index contributed by atoms with van der Waals surface area (Å²) in [6.45, 7) is 0.876. The number of fused-ring (bicyclic) bond motifs is 1. The first kappa shape index (κ1) is 14.4. The Hall–Kier alpha value is -1.59. The van der Waals surface area contributed by atoms with Crippen molar-refractivity contribution in [1.82, 2.24) is 4.57 Å². The number of hydrogen-bond acceptors (Lipinski definition) is 4. The first-order valence-electron chi connectivity index (χ1n) is 7.62. The minimum absolute atomic E-state index is 0.0505. The average molecular weight is 290 g/mol. The Labute approximate surface area is 123 Å². The Bertz CT molecular complexity index is 668. The maximum Gasteiger partial charge on any atom is 0.419 e. The quantitative estimate of drug-likeness (QED) is 0.939. The lowest BCUT2D eigenvalue weighted by atomic mass is 9.98. The van der Waals surface area contributed by atoms with Crippen LogP contribution in [0.1, 0.15) is 43.7 Å². The van der Waals surface area contributed by atoms with Gasteiger partial charge in [-0.25, -0.2) is 4.79 Å². The van der Waals surface area contributed by atoms with Gasteiger partial charge in [0.2, 0.25) is 0 Å². The van der Waals surface area contributed by atoms with Crippen molar-refractivity contribution >= 4 is 11.1 Å². The van der Waals surface area contributed by atoms with Crippen LogP contribution in [-0.4, -0.2) is 17.3 Å². The molecule has 2 unspecified atom stereocenters. The van der Waals surface area contributed by atoms with Crippen molar-refractivity contribution < 1.29 is 9.15 Å². The number of oxazole rings is 1. The number of nitrogens with zero attached hydrogens (tertiary/aromatic N) is 1. The molecule has 2 aromatic rings. The number of aromatic nitrogens is 1. The van der Waals surface area contributed by atoms with Gasteiger partial charge in [-0.3, -0.25) is 4.57 Å². The topological polar surface area (TPSA) is 70.4 Å². The summed E-state index contributed by atoms with van der Waals surface area (Å²) in [5, 5.41) is 0. The van der Waals surface area contributed by atoms with Gasteiger partial charge in [0.05, 0.1) is 11.6 Å². The van der Waals surface area contributed by atoms with Crippen LogP contribution in [0.15, 0.2) is 27.4 Å². The molecule has 1 aliphatic heterocycles. The molecule has 0 bridgehead atoms. The van der Waals surface area contributed by atoms with Gasteiger partial charge in [0.25, 0.3) is 0 Å². The first-order valence-corrected chi connectivity index (χ1v) is 7.62. The first-order chi connectivity index (χ1) is 10.1. The van der Waals surface area contributed by atoms with Gasteiger partial charge < -0.3 is 14.9 Å². The molecular formula is C16H22N2O3. The second-order valence-corrected chi connectivity index (χ2v) is 5.83. The zero-order valence-electron chi connectivity index (χ0n) is 12.4. The molecule has 1 aromatic heterocycles. The molecular weight excluding hydrogens is 268 g/mol. The molecule has 5 nitrogen and oxygen atoms in total. The summed E-state index contributed by atoms with van der Waals surface area (Å²) in [6, 6.07) is 5.70. The Morgan fingerprint density at radius 3 is 3.05 bits per heavy atom. The fraction of sp³-hybridized carbons (Fsp3) is 0.562. The summed E-state index contributed by atoms with van der Waals surface area (Å²) < 4.78 is 12.4. The largest absolute Gasteiger partial charge is 0.419 e. The summed E-state index contributed by atoms with van der Waals surface area (Å²) >= 11 is 0. The van der Waals surface area contributed by atoms with E-state index in [1.807, 2.05) is 18.2 Å². The lowest BCUT2D eigenvalue weighted by molar-refractivity contribution is 0.00912. The van der Waals surface area contributed by atoms with Gasteiger partial charge in [0, 0.05) is 19.7 Å². The highest BCUT2D eigenvalue weighted by atomic mass is 16.5. The van der Waals surface area contributed by atoms with E-state index in [-0.39, 0.29) is 11.8 Å². The van der Waals surface area contributed by atoms with Crippen LogP contribution in [0.25, 0.3) is 11.1 Å². The van der Waals surface area contributed by atoms with Gasteiger partial charge in [-0.2, -0.15) is 0 Å². The fourth-order valence-electron chi connectivity index (χ4n) is 2.95. The number of benzene rings is 1. The van der Waals surface area contributed by atoms with Crippen LogP contribution in [0.5, 0.6) is 0 Å². The number of nitrogens with two attached hydrogens (primary N) is 1. The molecule has 2 heterocycles. The van der Waals surface area contributed by atoms with Crippen molar-refractivity contribution in [1.29, 1.82) is 0 Å². The Balaban J connectivity index is 1.69.